The van der Waals surface area contributed by atoms with Gasteiger partial charge in [-0.1, -0.05) is 38.1 Å². The Bertz CT molecular complexity index is 430. The van der Waals surface area contributed by atoms with Crippen LogP contribution in [0.3, 0.4) is 0 Å². The first-order valence-electron chi connectivity index (χ1n) is 6.75. The van der Waals surface area contributed by atoms with Gasteiger partial charge in [-0.3, -0.25) is 4.21 Å². The van der Waals surface area contributed by atoms with Gasteiger partial charge in [0, 0.05) is 22.6 Å². The smallest absolute Gasteiger partial charge is 0.0546 e. The van der Waals surface area contributed by atoms with E-state index in [0.29, 0.717) is 5.92 Å². The van der Waals surface area contributed by atoms with Crippen molar-refractivity contribution >= 4 is 10.8 Å². The number of aryl methyl sites for hydroxylation is 1. The number of hydrogen-bond acceptors (Lipinski definition) is 2. The first-order chi connectivity index (χ1) is 8.63. The fraction of sp³-hybridized carbons (Fsp3) is 0.600. The van der Waals surface area contributed by atoms with Crippen molar-refractivity contribution in [2.45, 2.75) is 38.0 Å². The van der Waals surface area contributed by atoms with E-state index in [2.05, 4.69) is 43.4 Å². The molecule has 3 heteroatoms. The van der Waals surface area contributed by atoms with Gasteiger partial charge in [0.15, 0.2) is 0 Å². The van der Waals surface area contributed by atoms with Crippen LogP contribution < -0.4 is 5.32 Å². The van der Waals surface area contributed by atoms with Gasteiger partial charge in [-0.25, -0.2) is 0 Å². The topological polar surface area (TPSA) is 29.1 Å². The van der Waals surface area contributed by atoms with Gasteiger partial charge in [-0.2, -0.15) is 0 Å². The van der Waals surface area contributed by atoms with Crippen molar-refractivity contribution < 1.29 is 4.21 Å². The summed E-state index contributed by atoms with van der Waals surface area (Å²) in [5.41, 5.74) is 2.75. The lowest BCUT2D eigenvalue weighted by molar-refractivity contribution is 0.495. The number of hydrogen-bond donors (Lipinski definition) is 1. The van der Waals surface area contributed by atoms with E-state index < -0.39 is 10.8 Å². The van der Waals surface area contributed by atoms with E-state index in [1.165, 1.54) is 11.1 Å². The Morgan fingerprint density at radius 3 is 2.78 bits per heavy atom. The quantitative estimate of drug-likeness (QED) is 0.907. The molecule has 100 valence electrons. The van der Waals surface area contributed by atoms with Crippen molar-refractivity contribution in [2.75, 3.05) is 12.8 Å². The second-order valence-corrected chi connectivity index (χ2v) is 7.18. The molecule has 0 amide bonds. The first-order valence-corrected chi connectivity index (χ1v) is 8.14. The lowest BCUT2D eigenvalue weighted by Gasteiger charge is -2.33. The predicted octanol–water partition coefficient (Wildman–Crippen LogP) is 2.67. The minimum Gasteiger partial charge on any atom is -0.312 e. The Morgan fingerprint density at radius 1 is 1.39 bits per heavy atom. The van der Waals surface area contributed by atoms with Gasteiger partial charge >= 0.3 is 0 Å². The van der Waals surface area contributed by atoms with Crippen molar-refractivity contribution in [3.63, 3.8) is 0 Å². The van der Waals surface area contributed by atoms with E-state index >= 15 is 0 Å². The molecule has 1 aliphatic rings. The van der Waals surface area contributed by atoms with Gasteiger partial charge in [0.05, 0.1) is 5.25 Å². The van der Waals surface area contributed by atoms with Crippen LogP contribution in [0, 0.1) is 5.92 Å². The zero-order chi connectivity index (χ0) is 13.1. The zero-order valence-corrected chi connectivity index (χ0v) is 12.3. The summed E-state index contributed by atoms with van der Waals surface area (Å²) in [6, 6.07) is 8.79. The van der Waals surface area contributed by atoms with E-state index in [9.17, 15) is 4.21 Å². The average molecular weight is 265 g/mol. The summed E-state index contributed by atoms with van der Waals surface area (Å²) in [5, 5.41) is 3.63. The van der Waals surface area contributed by atoms with Crippen molar-refractivity contribution in [3.8, 4) is 0 Å². The third kappa shape index (κ3) is 2.83. The summed E-state index contributed by atoms with van der Waals surface area (Å²) in [5.74, 6) is 1.31. The van der Waals surface area contributed by atoms with Crippen LogP contribution in [0.25, 0.3) is 0 Å². The highest BCUT2D eigenvalue weighted by Gasteiger charge is 2.32. The van der Waals surface area contributed by atoms with E-state index in [-0.39, 0.29) is 11.3 Å². The SMILES string of the molecule is CNC1c2ccccc2CCC1S(=O)CC(C)C. The summed E-state index contributed by atoms with van der Waals surface area (Å²) in [6.45, 7) is 4.28. The van der Waals surface area contributed by atoms with Crippen LogP contribution in [0.5, 0.6) is 0 Å². The number of benzene rings is 1. The molecule has 0 radical (unpaired) electrons. The Labute approximate surface area is 113 Å². The van der Waals surface area contributed by atoms with E-state index in [1.54, 1.807) is 0 Å². The molecule has 1 N–H and O–H groups in total. The number of fused-ring (bicyclic) bond motifs is 1. The molecule has 0 heterocycles. The Morgan fingerprint density at radius 2 is 2.11 bits per heavy atom. The van der Waals surface area contributed by atoms with Gasteiger partial charge in [-0.05, 0) is 36.9 Å². The molecule has 0 spiro atoms. The third-order valence-corrected chi connectivity index (χ3v) is 5.78. The molecule has 0 fully saturated rings. The minimum absolute atomic E-state index is 0.245. The molecule has 3 unspecified atom stereocenters. The van der Waals surface area contributed by atoms with Gasteiger partial charge in [0.25, 0.3) is 0 Å². The summed E-state index contributed by atoms with van der Waals surface area (Å²) >= 11 is 0. The summed E-state index contributed by atoms with van der Waals surface area (Å²) in [6.07, 6.45) is 2.09. The normalized spacial score (nSPS) is 24.9. The summed E-state index contributed by atoms with van der Waals surface area (Å²) < 4.78 is 12.5. The van der Waals surface area contributed by atoms with Crippen LogP contribution in [0.2, 0.25) is 0 Å². The highest BCUT2D eigenvalue weighted by atomic mass is 32.2. The van der Waals surface area contributed by atoms with Crippen LogP contribution in [0.4, 0.5) is 0 Å². The highest BCUT2D eigenvalue weighted by molar-refractivity contribution is 7.85. The maximum atomic E-state index is 12.5. The highest BCUT2D eigenvalue weighted by Crippen LogP contribution is 2.33. The van der Waals surface area contributed by atoms with Gasteiger partial charge < -0.3 is 5.32 Å². The van der Waals surface area contributed by atoms with E-state index in [4.69, 9.17) is 0 Å². The van der Waals surface area contributed by atoms with Crippen LogP contribution in [-0.4, -0.2) is 22.3 Å². The fourth-order valence-corrected chi connectivity index (χ4v) is 4.68. The van der Waals surface area contributed by atoms with Gasteiger partial charge in [-0.15, -0.1) is 0 Å². The largest absolute Gasteiger partial charge is 0.312 e. The van der Waals surface area contributed by atoms with Crippen LogP contribution in [0.1, 0.15) is 37.4 Å². The maximum Gasteiger partial charge on any atom is 0.0546 e. The number of rotatable bonds is 4. The molecular weight excluding hydrogens is 242 g/mol. The van der Waals surface area contributed by atoms with Crippen molar-refractivity contribution in [1.82, 2.24) is 5.32 Å². The maximum absolute atomic E-state index is 12.5. The van der Waals surface area contributed by atoms with Crippen molar-refractivity contribution in [2.24, 2.45) is 5.92 Å². The second-order valence-electron chi connectivity index (χ2n) is 5.48. The standard InChI is InChI=1S/C15H23NOS/c1-11(2)10-18(17)14-9-8-12-6-4-5-7-13(12)15(14)16-3/h4-7,11,14-16H,8-10H2,1-3H3. The molecule has 2 rings (SSSR count). The molecule has 0 aliphatic heterocycles. The Balaban J connectivity index is 2.23. The third-order valence-electron chi connectivity index (χ3n) is 3.61. The monoisotopic (exact) mass is 265 g/mol. The zero-order valence-electron chi connectivity index (χ0n) is 11.5. The molecule has 0 saturated carbocycles. The molecule has 3 atom stereocenters. The molecule has 0 aromatic heterocycles. The summed E-state index contributed by atoms with van der Waals surface area (Å²) in [7, 11) is 1.24. The molecule has 0 saturated heterocycles. The first kappa shape index (κ1) is 13.8. The van der Waals surface area contributed by atoms with Gasteiger partial charge in [0.1, 0.15) is 0 Å². The lowest BCUT2D eigenvalue weighted by Crippen LogP contribution is -2.38. The molecule has 1 aliphatic carbocycles. The lowest BCUT2D eigenvalue weighted by atomic mass is 9.87. The molecule has 1 aromatic rings. The molecule has 0 bridgehead atoms. The van der Waals surface area contributed by atoms with E-state index in [0.717, 1.165) is 18.6 Å². The molecule has 1 aromatic carbocycles. The van der Waals surface area contributed by atoms with Gasteiger partial charge in [0.2, 0.25) is 0 Å². The average Bonchev–Trinajstić information content (AvgIpc) is 2.36. The van der Waals surface area contributed by atoms with Crippen molar-refractivity contribution in [3.05, 3.63) is 35.4 Å². The second kappa shape index (κ2) is 5.98. The van der Waals surface area contributed by atoms with Crippen LogP contribution in [0.15, 0.2) is 24.3 Å². The van der Waals surface area contributed by atoms with E-state index in [1.807, 2.05) is 7.05 Å². The Kier molecular flexibility index (Phi) is 4.57. The van der Waals surface area contributed by atoms with Crippen LogP contribution >= 0.6 is 0 Å². The molecular formula is C15H23NOS. The minimum atomic E-state index is -0.736. The Hall–Kier alpha value is -0.670. The van der Waals surface area contributed by atoms with Crippen molar-refractivity contribution in [1.29, 1.82) is 0 Å². The predicted molar refractivity (Wildman–Crippen MR) is 78.2 cm³/mol. The molecule has 18 heavy (non-hydrogen) atoms. The number of nitrogens with one attached hydrogen (secondary N) is 1. The summed E-state index contributed by atoms with van der Waals surface area (Å²) in [4.78, 5) is 0. The van der Waals surface area contributed by atoms with Crippen LogP contribution in [-0.2, 0) is 17.2 Å². The fourth-order valence-electron chi connectivity index (χ4n) is 2.81. The molecule has 2 nitrogen and oxygen atoms in total.